The molecule has 0 radical (unpaired) electrons. The van der Waals surface area contributed by atoms with Gasteiger partial charge in [-0.25, -0.2) is 4.99 Å². The number of hydrogen-bond donors (Lipinski definition) is 3. The summed E-state index contributed by atoms with van der Waals surface area (Å²) in [6, 6.07) is 5.03. The van der Waals surface area contributed by atoms with Gasteiger partial charge in [-0.1, -0.05) is 23.2 Å². The molecule has 0 fully saturated rings. The third-order valence-electron chi connectivity index (χ3n) is 4.14. The molecule has 0 bridgehead atoms. The third kappa shape index (κ3) is 5.94. The number of nitrogens with zero attached hydrogens (tertiary/aromatic N) is 4. The molecule has 0 aliphatic carbocycles. The van der Waals surface area contributed by atoms with Gasteiger partial charge >= 0.3 is 0 Å². The van der Waals surface area contributed by atoms with Gasteiger partial charge in [-0.05, 0) is 37.1 Å². The number of fused-ring (bicyclic) bond motifs is 1. The number of halogens is 3. The number of hydrogen-bond acceptors (Lipinski definition) is 4. The van der Waals surface area contributed by atoms with Crippen LogP contribution in [0.4, 0.5) is 0 Å². The molecule has 2 heterocycles. The molecule has 0 saturated heterocycles. The highest BCUT2D eigenvalue weighted by atomic mass is 127. The van der Waals surface area contributed by atoms with Gasteiger partial charge in [0.2, 0.25) is 0 Å². The molecule has 3 rings (SSSR count). The van der Waals surface area contributed by atoms with Gasteiger partial charge in [0.05, 0.1) is 6.10 Å². The van der Waals surface area contributed by atoms with Crippen LogP contribution >= 0.6 is 47.2 Å². The van der Waals surface area contributed by atoms with Crippen LogP contribution in [-0.2, 0) is 19.5 Å². The Kier molecular flexibility index (Phi) is 8.59. The normalized spacial score (nSPS) is 14.4. The molecule has 1 aliphatic heterocycles. The summed E-state index contributed by atoms with van der Waals surface area (Å²) in [7, 11) is 0. The van der Waals surface area contributed by atoms with E-state index in [1.807, 2.05) is 6.92 Å². The van der Waals surface area contributed by atoms with Crippen molar-refractivity contribution in [2.75, 3.05) is 13.1 Å². The van der Waals surface area contributed by atoms with E-state index in [-0.39, 0.29) is 30.5 Å². The quantitative estimate of drug-likeness (QED) is 0.307. The minimum absolute atomic E-state index is 0. The molecule has 0 spiro atoms. The largest absolute Gasteiger partial charge is 0.387 e. The second kappa shape index (κ2) is 10.4. The lowest BCUT2D eigenvalue weighted by molar-refractivity contribution is 0.181. The zero-order valence-corrected chi connectivity index (χ0v) is 18.8. The summed E-state index contributed by atoms with van der Waals surface area (Å²) < 4.78 is 2.12. The molecule has 10 heteroatoms. The molecule has 0 saturated carbocycles. The van der Waals surface area contributed by atoms with Crippen LogP contribution in [0.25, 0.3) is 0 Å². The number of guanidine groups is 1. The number of aliphatic hydroxyl groups is 1. The summed E-state index contributed by atoms with van der Waals surface area (Å²) in [4.78, 5) is 4.54. The highest BCUT2D eigenvalue weighted by Gasteiger charge is 2.17. The number of aromatic nitrogens is 3. The second-order valence-electron chi connectivity index (χ2n) is 6.08. The molecule has 7 nitrogen and oxygen atoms in total. The third-order valence-corrected chi connectivity index (χ3v) is 4.58. The Labute approximate surface area is 185 Å². The Balaban J connectivity index is 0.00000261. The van der Waals surface area contributed by atoms with Gasteiger partial charge in [-0.2, -0.15) is 0 Å². The predicted molar refractivity (Wildman–Crippen MR) is 118 cm³/mol. The molecule has 27 heavy (non-hydrogen) atoms. The van der Waals surface area contributed by atoms with E-state index in [0.29, 0.717) is 34.7 Å². The molecule has 3 N–H and O–H groups in total. The summed E-state index contributed by atoms with van der Waals surface area (Å²) >= 11 is 12.0. The Hall–Kier alpha value is -1.10. The van der Waals surface area contributed by atoms with Gasteiger partial charge in [0.1, 0.15) is 12.4 Å². The SMILES string of the molecule is CCNC(=NCc1nnc2n1CCC2)NCC(O)c1cc(Cl)cc(Cl)c1.I. The van der Waals surface area contributed by atoms with Gasteiger partial charge in [0, 0.05) is 36.1 Å². The fourth-order valence-electron chi connectivity index (χ4n) is 2.90. The van der Waals surface area contributed by atoms with Gasteiger partial charge in [-0.3, -0.25) is 0 Å². The lowest BCUT2D eigenvalue weighted by Gasteiger charge is -2.16. The van der Waals surface area contributed by atoms with Crippen molar-refractivity contribution in [3.63, 3.8) is 0 Å². The van der Waals surface area contributed by atoms with Crippen LogP contribution in [0, 0.1) is 0 Å². The van der Waals surface area contributed by atoms with Crippen LogP contribution in [0.5, 0.6) is 0 Å². The summed E-state index contributed by atoms with van der Waals surface area (Å²) in [5.74, 6) is 2.49. The highest BCUT2D eigenvalue weighted by molar-refractivity contribution is 14.0. The van der Waals surface area contributed by atoms with Crippen molar-refractivity contribution in [2.24, 2.45) is 4.99 Å². The van der Waals surface area contributed by atoms with E-state index < -0.39 is 6.10 Å². The van der Waals surface area contributed by atoms with E-state index in [2.05, 4.69) is 30.4 Å². The first-order valence-corrected chi connectivity index (χ1v) is 9.39. The van der Waals surface area contributed by atoms with Crippen LogP contribution in [0.1, 0.15) is 36.7 Å². The molecule has 1 unspecified atom stereocenters. The maximum Gasteiger partial charge on any atom is 0.191 e. The van der Waals surface area contributed by atoms with Crippen molar-refractivity contribution < 1.29 is 5.11 Å². The predicted octanol–water partition coefficient (Wildman–Crippen LogP) is 2.94. The number of nitrogens with one attached hydrogen (secondary N) is 2. The summed E-state index contributed by atoms with van der Waals surface area (Å²) in [6.07, 6.45) is 1.32. The zero-order valence-electron chi connectivity index (χ0n) is 15.0. The average molecular weight is 525 g/mol. The molecule has 1 aromatic heterocycles. The summed E-state index contributed by atoms with van der Waals surface area (Å²) in [5.41, 5.74) is 0.654. The van der Waals surface area contributed by atoms with E-state index in [4.69, 9.17) is 23.2 Å². The first-order valence-electron chi connectivity index (χ1n) is 8.64. The first-order chi connectivity index (χ1) is 12.6. The summed E-state index contributed by atoms with van der Waals surface area (Å²) in [6.45, 7) is 4.36. The van der Waals surface area contributed by atoms with Crippen molar-refractivity contribution in [3.05, 3.63) is 45.5 Å². The minimum Gasteiger partial charge on any atom is -0.387 e. The van der Waals surface area contributed by atoms with Gasteiger partial charge in [-0.15, -0.1) is 34.2 Å². The molecule has 2 aromatic rings. The van der Waals surface area contributed by atoms with Crippen LogP contribution in [0.2, 0.25) is 10.0 Å². The smallest absolute Gasteiger partial charge is 0.191 e. The monoisotopic (exact) mass is 524 g/mol. The number of aryl methyl sites for hydroxylation is 1. The Morgan fingerprint density at radius 1 is 1.26 bits per heavy atom. The molecule has 1 aromatic carbocycles. The molecule has 148 valence electrons. The number of rotatable bonds is 6. The molecule has 0 amide bonds. The average Bonchev–Trinajstić information content (AvgIpc) is 3.20. The van der Waals surface area contributed by atoms with Crippen molar-refractivity contribution in [1.29, 1.82) is 0 Å². The Bertz CT molecular complexity index is 777. The molecule has 1 aliphatic rings. The number of aliphatic imine (C=N–C) groups is 1. The van der Waals surface area contributed by atoms with Gasteiger partial charge in [0.15, 0.2) is 11.8 Å². The van der Waals surface area contributed by atoms with Crippen LogP contribution in [-0.4, -0.2) is 38.9 Å². The van der Waals surface area contributed by atoms with E-state index in [9.17, 15) is 5.11 Å². The van der Waals surface area contributed by atoms with Gasteiger partial charge in [0.25, 0.3) is 0 Å². The van der Waals surface area contributed by atoms with Crippen molar-refractivity contribution in [2.45, 2.75) is 39.0 Å². The maximum absolute atomic E-state index is 10.4. The maximum atomic E-state index is 10.4. The molecule has 1 atom stereocenters. The first kappa shape index (κ1) is 22.2. The van der Waals surface area contributed by atoms with Crippen LogP contribution in [0.3, 0.4) is 0 Å². The fourth-order valence-corrected chi connectivity index (χ4v) is 3.44. The Morgan fingerprint density at radius 3 is 2.70 bits per heavy atom. The fraction of sp³-hybridized carbons (Fsp3) is 0.471. The van der Waals surface area contributed by atoms with Crippen molar-refractivity contribution >= 4 is 53.1 Å². The lowest BCUT2D eigenvalue weighted by atomic mass is 10.1. The van der Waals surface area contributed by atoms with E-state index in [1.165, 1.54) is 0 Å². The highest BCUT2D eigenvalue weighted by Crippen LogP contribution is 2.23. The standard InChI is InChI=1S/C17H22Cl2N6O.HI/c1-2-20-17(22-10-16-24-23-15-4-3-5-25(15)16)21-9-14(26)11-6-12(18)8-13(19)7-11;/h6-8,14,26H,2-5,9-10H2,1H3,(H2,20,21,22);1H. The summed E-state index contributed by atoms with van der Waals surface area (Å²) in [5, 5.41) is 26.0. The van der Waals surface area contributed by atoms with Crippen molar-refractivity contribution in [3.8, 4) is 0 Å². The second-order valence-corrected chi connectivity index (χ2v) is 6.96. The van der Waals surface area contributed by atoms with E-state index in [0.717, 1.165) is 31.0 Å². The minimum atomic E-state index is -0.757. The van der Waals surface area contributed by atoms with E-state index >= 15 is 0 Å². The van der Waals surface area contributed by atoms with Crippen molar-refractivity contribution in [1.82, 2.24) is 25.4 Å². The lowest BCUT2D eigenvalue weighted by Crippen LogP contribution is -2.39. The Morgan fingerprint density at radius 2 is 2.00 bits per heavy atom. The van der Waals surface area contributed by atoms with Gasteiger partial charge < -0.3 is 20.3 Å². The molecular weight excluding hydrogens is 502 g/mol. The number of benzene rings is 1. The van der Waals surface area contributed by atoms with Crippen LogP contribution in [0.15, 0.2) is 23.2 Å². The number of aliphatic hydroxyl groups excluding tert-OH is 1. The van der Waals surface area contributed by atoms with E-state index in [1.54, 1.807) is 18.2 Å². The zero-order chi connectivity index (χ0) is 18.5. The topological polar surface area (TPSA) is 87.4 Å². The molecular formula is C17H23Cl2IN6O. The van der Waals surface area contributed by atoms with Crippen LogP contribution < -0.4 is 10.6 Å².